The van der Waals surface area contributed by atoms with E-state index in [0.29, 0.717) is 22.1 Å². The average Bonchev–Trinajstić information content (AvgIpc) is 2.82. The van der Waals surface area contributed by atoms with Gasteiger partial charge in [-0.15, -0.1) is 0 Å². The number of carbonyl (C=O) groups excluding carboxylic acids is 1. The minimum atomic E-state index is -0.102. The predicted octanol–water partition coefficient (Wildman–Crippen LogP) is 6.55. The number of carbonyl (C=O) groups is 1. The molecule has 5 nitrogen and oxygen atoms in total. The number of hydrogen-bond donors (Lipinski definition) is 1. The van der Waals surface area contributed by atoms with E-state index >= 15 is 0 Å². The zero-order chi connectivity index (χ0) is 22.5. The molecule has 0 aliphatic heterocycles. The van der Waals surface area contributed by atoms with E-state index in [2.05, 4.69) is 10.3 Å². The summed E-state index contributed by atoms with van der Waals surface area (Å²) in [6.45, 7) is 0. The molecule has 1 heterocycles. The van der Waals surface area contributed by atoms with Gasteiger partial charge >= 0.3 is 0 Å². The molecule has 3 aromatic carbocycles. The highest BCUT2D eigenvalue weighted by Crippen LogP contribution is 2.29. The fourth-order valence-corrected chi connectivity index (χ4v) is 3.53. The molecule has 0 fully saturated rings. The number of anilines is 2. The Bertz CT molecular complexity index is 1320. The highest BCUT2D eigenvalue weighted by Gasteiger charge is 2.07. The van der Waals surface area contributed by atoms with Crippen molar-refractivity contribution in [2.45, 2.75) is 0 Å². The number of ketones is 1. The molecule has 6 heteroatoms. The second kappa shape index (κ2) is 9.54. The van der Waals surface area contributed by atoms with Gasteiger partial charge in [0, 0.05) is 33.5 Å². The Morgan fingerprint density at radius 3 is 2.62 bits per heavy atom. The molecule has 0 bridgehead atoms. The van der Waals surface area contributed by atoms with Crippen molar-refractivity contribution in [1.82, 2.24) is 4.98 Å². The molecule has 0 saturated heterocycles. The number of benzene rings is 3. The van der Waals surface area contributed by atoms with Gasteiger partial charge in [-0.1, -0.05) is 35.9 Å². The summed E-state index contributed by atoms with van der Waals surface area (Å²) in [5.74, 6) is 1.15. The Hall–Kier alpha value is -3.83. The number of allylic oxidation sites excluding steroid dienone is 1. The van der Waals surface area contributed by atoms with Crippen LogP contribution in [0.4, 0.5) is 11.4 Å². The number of pyridine rings is 1. The van der Waals surface area contributed by atoms with Crippen molar-refractivity contribution in [2.24, 2.45) is 0 Å². The number of halogens is 1. The number of nitrogens with one attached hydrogen (secondary N) is 1. The molecule has 1 N–H and O–H groups in total. The topological polar surface area (TPSA) is 60.5 Å². The van der Waals surface area contributed by atoms with Crippen LogP contribution in [0.3, 0.4) is 0 Å². The zero-order valence-corrected chi connectivity index (χ0v) is 18.4. The van der Waals surface area contributed by atoms with Crippen LogP contribution in [-0.4, -0.2) is 25.0 Å². The van der Waals surface area contributed by atoms with Crippen molar-refractivity contribution in [2.75, 3.05) is 19.5 Å². The van der Waals surface area contributed by atoms with Crippen molar-refractivity contribution in [3.05, 3.63) is 95.2 Å². The van der Waals surface area contributed by atoms with E-state index in [1.165, 1.54) is 0 Å². The summed E-state index contributed by atoms with van der Waals surface area (Å²) in [4.78, 5) is 17.1. The van der Waals surface area contributed by atoms with Gasteiger partial charge in [-0.3, -0.25) is 9.78 Å². The lowest BCUT2D eigenvalue weighted by Gasteiger charge is -2.10. The highest BCUT2D eigenvalue weighted by molar-refractivity contribution is 6.31. The summed E-state index contributed by atoms with van der Waals surface area (Å²) in [5.41, 5.74) is 3.91. The van der Waals surface area contributed by atoms with E-state index in [9.17, 15) is 4.79 Å². The number of methoxy groups -OCH3 is 2. The molecule has 4 rings (SSSR count). The molecule has 32 heavy (non-hydrogen) atoms. The molecule has 160 valence electrons. The maximum atomic E-state index is 12.8. The van der Waals surface area contributed by atoms with E-state index < -0.39 is 0 Å². The molecular formula is C26H21ClN2O3. The summed E-state index contributed by atoms with van der Waals surface area (Å²) in [5, 5.41) is 4.95. The smallest absolute Gasteiger partial charge is 0.185 e. The molecule has 4 aromatic rings. The molecule has 0 aliphatic rings. The largest absolute Gasteiger partial charge is 0.493 e. The maximum absolute atomic E-state index is 12.8. The van der Waals surface area contributed by atoms with Gasteiger partial charge in [-0.05, 0) is 60.2 Å². The van der Waals surface area contributed by atoms with Crippen LogP contribution in [0.15, 0.2) is 79.0 Å². The summed E-state index contributed by atoms with van der Waals surface area (Å²) in [6.07, 6.45) is 5.02. The molecule has 0 amide bonds. The Morgan fingerprint density at radius 1 is 0.969 bits per heavy atom. The number of nitrogens with zero attached hydrogens (tertiary/aromatic N) is 1. The third kappa shape index (κ3) is 4.74. The second-order valence-electron chi connectivity index (χ2n) is 7.04. The molecular weight excluding hydrogens is 424 g/mol. The lowest BCUT2D eigenvalue weighted by atomic mass is 10.1. The third-order valence-corrected chi connectivity index (χ3v) is 5.20. The van der Waals surface area contributed by atoms with Crippen LogP contribution in [0, 0.1) is 0 Å². The second-order valence-corrected chi connectivity index (χ2v) is 7.47. The van der Waals surface area contributed by atoms with Crippen molar-refractivity contribution < 1.29 is 14.3 Å². The average molecular weight is 445 g/mol. The van der Waals surface area contributed by atoms with Crippen molar-refractivity contribution in [3.63, 3.8) is 0 Å². The van der Waals surface area contributed by atoms with Gasteiger partial charge < -0.3 is 14.8 Å². The van der Waals surface area contributed by atoms with Crippen LogP contribution in [0.1, 0.15) is 15.9 Å². The summed E-state index contributed by atoms with van der Waals surface area (Å²) in [6, 6.07) is 20.3. The van der Waals surface area contributed by atoms with Crippen LogP contribution >= 0.6 is 11.6 Å². The third-order valence-electron chi connectivity index (χ3n) is 4.97. The lowest BCUT2D eigenvalue weighted by Crippen LogP contribution is -1.97. The lowest BCUT2D eigenvalue weighted by molar-refractivity contribution is 0.104. The van der Waals surface area contributed by atoms with Gasteiger partial charge in [-0.25, -0.2) is 0 Å². The first-order valence-electron chi connectivity index (χ1n) is 9.93. The van der Waals surface area contributed by atoms with Gasteiger partial charge in [-0.2, -0.15) is 0 Å². The fourth-order valence-electron chi connectivity index (χ4n) is 3.36. The molecule has 0 aliphatic carbocycles. The van der Waals surface area contributed by atoms with Gasteiger partial charge in [0.1, 0.15) is 0 Å². The highest BCUT2D eigenvalue weighted by atomic mass is 35.5. The Labute approximate surface area is 191 Å². The van der Waals surface area contributed by atoms with Crippen LogP contribution in [0.2, 0.25) is 5.02 Å². The Kier molecular flexibility index (Phi) is 6.38. The van der Waals surface area contributed by atoms with E-state index in [0.717, 1.165) is 27.8 Å². The van der Waals surface area contributed by atoms with E-state index in [1.54, 1.807) is 44.7 Å². The molecule has 0 saturated carbocycles. The summed E-state index contributed by atoms with van der Waals surface area (Å²) in [7, 11) is 3.16. The molecule has 0 atom stereocenters. The quantitative estimate of drug-likeness (QED) is 0.259. The zero-order valence-electron chi connectivity index (χ0n) is 17.6. The minimum absolute atomic E-state index is 0.102. The molecule has 0 radical (unpaired) electrons. The van der Waals surface area contributed by atoms with E-state index in [4.69, 9.17) is 21.1 Å². The standard InChI is InChI=1S/C26H21ClN2O3/c1-31-25-11-7-17(14-26(25)32-2)6-10-24(30)18-4-3-5-20(15-18)29-22-12-13-28-23-16-19(27)8-9-21(22)23/h3-16H,1-2H3,(H,28,29)/b10-6+. The maximum Gasteiger partial charge on any atom is 0.185 e. The molecule has 1 aromatic heterocycles. The van der Waals surface area contributed by atoms with E-state index in [-0.39, 0.29) is 5.78 Å². The molecule has 0 unspecified atom stereocenters. The number of aromatic nitrogens is 1. The number of fused-ring (bicyclic) bond motifs is 1. The monoisotopic (exact) mass is 444 g/mol. The SMILES string of the molecule is COc1ccc(/C=C/C(=O)c2cccc(Nc3ccnc4cc(Cl)ccc34)c2)cc1OC. The van der Waals surface area contributed by atoms with Crippen LogP contribution < -0.4 is 14.8 Å². The Balaban J connectivity index is 1.54. The predicted molar refractivity (Wildman–Crippen MR) is 129 cm³/mol. The first kappa shape index (κ1) is 21.4. The van der Waals surface area contributed by atoms with Gasteiger partial charge in [0.15, 0.2) is 17.3 Å². The van der Waals surface area contributed by atoms with Crippen molar-refractivity contribution in [3.8, 4) is 11.5 Å². The summed E-state index contributed by atoms with van der Waals surface area (Å²) < 4.78 is 10.6. The number of hydrogen-bond acceptors (Lipinski definition) is 5. The van der Waals surface area contributed by atoms with Gasteiger partial charge in [0.2, 0.25) is 0 Å². The molecule has 0 spiro atoms. The Morgan fingerprint density at radius 2 is 1.81 bits per heavy atom. The van der Waals surface area contributed by atoms with Crippen LogP contribution in [0.5, 0.6) is 11.5 Å². The first-order chi connectivity index (χ1) is 15.6. The first-order valence-corrected chi connectivity index (χ1v) is 10.3. The van der Waals surface area contributed by atoms with Crippen LogP contribution in [-0.2, 0) is 0 Å². The number of ether oxygens (including phenoxy) is 2. The van der Waals surface area contributed by atoms with E-state index in [1.807, 2.05) is 54.6 Å². The van der Waals surface area contributed by atoms with Crippen molar-refractivity contribution >= 4 is 45.7 Å². The fraction of sp³-hybridized carbons (Fsp3) is 0.0769. The van der Waals surface area contributed by atoms with Gasteiger partial charge in [0.05, 0.1) is 19.7 Å². The normalized spacial score (nSPS) is 11.0. The number of rotatable bonds is 7. The van der Waals surface area contributed by atoms with Crippen LogP contribution in [0.25, 0.3) is 17.0 Å². The van der Waals surface area contributed by atoms with Gasteiger partial charge in [0.25, 0.3) is 0 Å². The minimum Gasteiger partial charge on any atom is -0.493 e. The van der Waals surface area contributed by atoms with Crippen molar-refractivity contribution in [1.29, 1.82) is 0 Å². The summed E-state index contributed by atoms with van der Waals surface area (Å²) >= 11 is 6.08.